The van der Waals surface area contributed by atoms with Crippen molar-refractivity contribution in [3.05, 3.63) is 29.8 Å². The molecule has 2 N–H and O–H groups in total. The van der Waals surface area contributed by atoms with Crippen LogP contribution in [0.25, 0.3) is 0 Å². The van der Waals surface area contributed by atoms with Crippen molar-refractivity contribution in [2.75, 3.05) is 37.6 Å². The number of hydrogen-bond donors (Lipinski definition) is 1. The molecule has 3 nitrogen and oxygen atoms in total. The van der Waals surface area contributed by atoms with E-state index in [-0.39, 0.29) is 6.04 Å². The highest BCUT2D eigenvalue weighted by molar-refractivity contribution is 5.55. The Morgan fingerprint density at radius 2 is 1.85 bits per heavy atom. The third-order valence-electron chi connectivity index (χ3n) is 4.70. The number of nitrogens with zero attached hydrogens (tertiary/aromatic N) is 2. The van der Waals surface area contributed by atoms with Gasteiger partial charge in [0.2, 0.25) is 0 Å². The first-order valence-electron chi connectivity index (χ1n) is 8.09. The van der Waals surface area contributed by atoms with E-state index < -0.39 is 0 Å². The number of hydrogen-bond acceptors (Lipinski definition) is 3. The van der Waals surface area contributed by atoms with E-state index in [4.69, 9.17) is 5.73 Å². The Balaban J connectivity index is 1.64. The molecule has 1 atom stereocenters. The number of benzene rings is 1. The summed E-state index contributed by atoms with van der Waals surface area (Å²) in [4.78, 5) is 5.16. The highest BCUT2D eigenvalue weighted by atomic mass is 15.3. The molecule has 0 radical (unpaired) electrons. The lowest BCUT2D eigenvalue weighted by atomic mass is 10.0. The second kappa shape index (κ2) is 6.15. The quantitative estimate of drug-likeness (QED) is 0.895. The summed E-state index contributed by atoms with van der Waals surface area (Å²) in [5.41, 5.74) is 8.93. The van der Waals surface area contributed by atoms with Crippen LogP contribution in [0.4, 0.5) is 5.69 Å². The van der Waals surface area contributed by atoms with E-state index in [0.29, 0.717) is 0 Å². The monoisotopic (exact) mass is 273 g/mol. The van der Waals surface area contributed by atoms with Crippen LogP contribution in [0, 0.1) is 5.92 Å². The summed E-state index contributed by atoms with van der Waals surface area (Å²) in [5.74, 6) is 1.00. The first-order valence-corrected chi connectivity index (χ1v) is 8.09. The smallest absolute Gasteiger partial charge is 0.0415 e. The van der Waals surface area contributed by atoms with Crippen LogP contribution in [-0.4, -0.2) is 37.6 Å². The summed E-state index contributed by atoms with van der Waals surface area (Å²) >= 11 is 0. The summed E-state index contributed by atoms with van der Waals surface area (Å²) in [6.45, 7) is 8.16. The number of piperazine rings is 1. The van der Waals surface area contributed by atoms with E-state index in [9.17, 15) is 0 Å². The van der Waals surface area contributed by atoms with E-state index in [1.807, 2.05) is 0 Å². The van der Waals surface area contributed by atoms with Crippen LogP contribution in [0.5, 0.6) is 0 Å². The van der Waals surface area contributed by atoms with Gasteiger partial charge in [0, 0.05) is 44.5 Å². The van der Waals surface area contributed by atoms with Crippen LogP contribution in [0.3, 0.4) is 0 Å². The maximum atomic E-state index is 6.27. The molecular weight excluding hydrogens is 246 g/mol. The van der Waals surface area contributed by atoms with Gasteiger partial charge in [0.05, 0.1) is 0 Å². The molecule has 0 amide bonds. The number of nitrogens with two attached hydrogens (primary N) is 1. The van der Waals surface area contributed by atoms with Crippen molar-refractivity contribution in [2.24, 2.45) is 11.7 Å². The van der Waals surface area contributed by atoms with Gasteiger partial charge in [0.1, 0.15) is 0 Å². The van der Waals surface area contributed by atoms with Gasteiger partial charge in [-0.05, 0) is 36.8 Å². The summed E-state index contributed by atoms with van der Waals surface area (Å²) in [7, 11) is 0. The summed E-state index contributed by atoms with van der Waals surface area (Å²) in [5, 5.41) is 0. The van der Waals surface area contributed by atoms with Gasteiger partial charge in [-0.25, -0.2) is 0 Å². The van der Waals surface area contributed by atoms with Crippen LogP contribution in [0.1, 0.15) is 37.8 Å². The Morgan fingerprint density at radius 3 is 2.50 bits per heavy atom. The van der Waals surface area contributed by atoms with Gasteiger partial charge in [-0.1, -0.05) is 25.1 Å². The molecule has 2 fully saturated rings. The van der Waals surface area contributed by atoms with Gasteiger partial charge >= 0.3 is 0 Å². The van der Waals surface area contributed by atoms with Crippen molar-refractivity contribution < 1.29 is 0 Å². The minimum Gasteiger partial charge on any atom is -0.369 e. The zero-order valence-corrected chi connectivity index (χ0v) is 12.6. The van der Waals surface area contributed by atoms with Crippen LogP contribution in [0.2, 0.25) is 0 Å². The molecule has 3 rings (SSSR count). The van der Waals surface area contributed by atoms with Gasteiger partial charge in [-0.3, -0.25) is 4.90 Å². The molecule has 110 valence electrons. The van der Waals surface area contributed by atoms with Crippen molar-refractivity contribution in [3.63, 3.8) is 0 Å². The molecule has 0 spiro atoms. The SMILES string of the molecule is CC[C@@H](N)c1ccccc1N1CCN(CC2CC2)CC1. The van der Waals surface area contributed by atoms with Crippen LogP contribution < -0.4 is 10.6 Å². The topological polar surface area (TPSA) is 32.5 Å². The van der Waals surface area contributed by atoms with Crippen molar-refractivity contribution in [2.45, 2.75) is 32.2 Å². The van der Waals surface area contributed by atoms with Crippen molar-refractivity contribution in [3.8, 4) is 0 Å². The molecule has 1 heterocycles. The minimum atomic E-state index is 0.163. The fourth-order valence-electron chi connectivity index (χ4n) is 3.15. The molecule has 0 unspecified atom stereocenters. The lowest BCUT2D eigenvalue weighted by Gasteiger charge is -2.37. The predicted octanol–water partition coefficient (Wildman–Crippen LogP) is 2.63. The summed E-state index contributed by atoms with van der Waals surface area (Å²) < 4.78 is 0. The first kappa shape index (κ1) is 13.9. The Morgan fingerprint density at radius 1 is 1.15 bits per heavy atom. The molecule has 2 aliphatic rings. The molecule has 1 saturated carbocycles. The average molecular weight is 273 g/mol. The molecule has 20 heavy (non-hydrogen) atoms. The van der Waals surface area contributed by atoms with Gasteiger partial charge in [-0.15, -0.1) is 0 Å². The number of anilines is 1. The molecule has 1 aliphatic heterocycles. The summed E-state index contributed by atoms with van der Waals surface area (Å²) in [6.07, 6.45) is 3.90. The van der Waals surface area contributed by atoms with E-state index in [2.05, 4.69) is 41.0 Å². The Bertz CT molecular complexity index is 434. The van der Waals surface area contributed by atoms with Crippen LogP contribution in [-0.2, 0) is 0 Å². The second-order valence-corrected chi connectivity index (χ2v) is 6.30. The first-order chi connectivity index (χ1) is 9.78. The zero-order chi connectivity index (χ0) is 13.9. The number of rotatable bonds is 5. The lowest BCUT2D eigenvalue weighted by molar-refractivity contribution is 0.248. The van der Waals surface area contributed by atoms with E-state index in [1.54, 1.807) is 0 Å². The molecule has 0 bridgehead atoms. The maximum absolute atomic E-state index is 6.27. The molecule has 3 heteroatoms. The second-order valence-electron chi connectivity index (χ2n) is 6.30. The largest absolute Gasteiger partial charge is 0.369 e. The Hall–Kier alpha value is -1.06. The lowest BCUT2D eigenvalue weighted by Crippen LogP contribution is -2.47. The molecular formula is C17H27N3. The highest BCUT2D eigenvalue weighted by Crippen LogP contribution is 2.31. The minimum absolute atomic E-state index is 0.163. The normalized spacial score (nSPS) is 22.0. The molecule has 1 aliphatic carbocycles. The van der Waals surface area contributed by atoms with E-state index >= 15 is 0 Å². The Labute approximate surface area is 122 Å². The van der Waals surface area contributed by atoms with Gasteiger partial charge in [0.15, 0.2) is 0 Å². The fraction of sp³-hybridized carbons (Fsp3) is 0.647. The van der Waals surface area contributed by atoms with Gasteiger partial charge in [-0.2, -0.15) is 0 Å². The molecule has 1 aromatic rings. The van der Waals surface area contributed by atoms with Gasteiger partial charge in [0.25, 0.3) is 0 Å². The summed E-state index contributed by atoms with van der Waals surface area (Å²) in [6, 6.07) is 8.84. The van der Waals surface area contributed by atoms with Gasteiger partial charge < -0.3 is 10.6 Å². The third-order valence-corrected chi connectivity index (χ3v) is 4.70. The average Bonchev–Trinajstić information content (AvgIpc) is 3.31. The standard InChI is InChI=1S/C17H27N3/c1-2-16(18)15-5-3-4-6-17(15)20-11-9-19(10-12-20)13-14-7-8-14/h3-6,14,16H,2,7-13,18H2,1H3/t16-/m1/s1. The maximum Gasteiger partial charge on any atom is 0.0415 e. The fourth-order valence-corrected chi connectivity index (χ4v) is 3.15. The molecule has 1 aromatic carbocycles. The van der Waals surface area contributed by atoms with Crippen molar-refractivity contribution >= 4 is 5.69 Å². The van der Waals surface area contributed by atoms with Crippen LogP contribution >= 0.6 is 0 Å². The third kappa shape index (κ3) is 3.15. The highest BCUT2D eigenvalue weighted by Gasteiger charge is 2.27. The Kier molecular flexibility index (Phi) is 4.27. The zero-order valence-electron chi connectivity index (χ0n) is 12.6. The van der Waals surface area contributed by atoms with Crippen LogP contribution in [0.15, 0.2) is 24.3 Å². The van der Waals surface area contributed by atoms with Crippen molar-refractivity contribution in [1.29, 1.82) is 0 Å². The van der Waals surface area contributed by atoms with E-state index in [1.165, 1.54) is 43.7 Å². The number of para-hydroxylation sites is 1. The molecule has 0 aromatic heterocycles. The molecule has 1 saturated heterocycles. The van der Waals surface area contributed by atoms with Crippen molar-refractivity contribution in [1.82, 2.24) is 4.90 Å². The van der Waals surface area contributed by atoms with E-state index in [0.717, 1.165) is 25.4 Å². The predicted molar refractivity (Wildman–Crippen MR) is 85.0 cm³/mol.